The minimum Gasteiger partial charge on any atom is -0.399 e. The number of hydrogen-bond acceptors (Lipinski definition) is 3. The van der Waals surface area contributed by atoms with Crippen molar-refractivity contribution in [3.63, 3.8) is 0 Å². The van der Waals surface area contributed by atoms with Crippen LogP contribution in [-0.4, -0.2) is 47.8 Å². The number of likely N-dealkylation sites (tertiary alicyclic amines) is 2. The van der Waals surface area contributed by atoms with E-state index in [9.17, 15) is 9.59 Å². The number of nitrogens with zero attached hydrogens (tertiary/aromatic N) is 2. The third kappa shape index (κ3) is 4.41. The normalized spacial score (nSPS) is 19.1. The zero-order valence-electron chi connectivity index (χ0n) is 13.9. The summed E-state index contributed by atoms with van der Waals surface area (Å²) in [7, 11) is 0. The number of carbonyl (C=O) groups is 2. The van der Waals surface area contributed by atoms with E-state index in [2.05, 4.69) is 0 Å². The van der Waals surface area contributed by atoms with Crippen LogP contribution in [-0.2, 0) is 4.79 Å². The molecule has 1 aromatic carbocycles. The maximum absolute atomic E-state index is 12.5. The number of carbonyl (C=O) groups excluding carboxylic acids is 2. The fourth-order valence-electron chi connectivity index (χ4n) is 3.54. The highest BCUT2D eigenvalue weighted by Crippen LogP contribution is 2.22. The lowest BCUT2D eigenvalue weighted by atomic mass is 9.94. The van der Waals surface area contributed by atoms with Gasteiger partial charge in [0.25, 0.3) is 5.91 Å². The summed E-state index contributed by atoms with van der Waals surface area (Å²) in [6.45, 7) is 3.29. The number of rotatable bonds is 3. The first-order valence-electron chi connectivity index (χ1n) is 8.56. The summed E-state index contributed by atoms with van der Waals surface area (Å²) in [6, 6.07) is 7.16. The number of halogens is 1. The second kappa shape index (κ2) is 8.38. The molecule has 0 spiro atoms. The van der Waals surface area contributed by atoms with Crippen LogP contribution in [0, 0.1) is 5.92 Å². The smallest absolute Gasteiger partial charge is 0.253 e. The van der Waals surface area contributed by atoms with Crippen molar-refractivity contribution in [2.45, 2.75) is 32.1 Å². The van der Waals surface area contributed by atoms with Crippen LogP contribution in [0.15, 0.2) is 24.3 Å². The molecular weight excluding hydrogens is 326 g/mol. The number of nitrogens with two attached hydrogens (primary N) is 1. The first kappa shape index (κ1) is 18.6. The molecule has 2 saturated heterocycles. The van der Waals surface area contributed by atoms with E-state index in [1.54, 1.807) is 12.1 Å². The van der Waals surface area contributed by atoms with E-state index in [-0.39, 0.29) is 18.3 Å². The number of anilines is 1. The van der Waals surface area contributed by atoms with Gasteiger partial charge < -0.3 is 15.5 Å². The fraction of sp³-hybridized carbons (Fsp3) is 0.556. The van der Waals surface area contributed by atoms with E-state index in [1.165, 1.54) is 0 Å². The van der Waals surface area contributed by atoms with Gasteiger partial charge in [-0.15, -0.1) is 12.4 Å². The van der Waals surface area contributed by atoms with Crippen LogP contribution < -0.4 is 5.73 Å². The fourth-order valence-corrected chi connectivity index (χ4v) is 3.54. The lowest BCUT2D eigenvalue weighted by Crippen LogP contribution is -2.44. The first-order chi connectivity index (χ1) is 11.1. The molecule has 2 amide bonds. The zero-order chi connectivity index (χ0) is 16.2. The van der Waals surface area contributed by atoms with Gasteiger partial charge in [0.05, 0.1) is 0 Å². The van der Waals surface area contributed by atoms with E-state index in [1.807, 2.05) is 21.9 Å². The van der Waals surface area contributed by atoms with E-state index in [0.717, 1.165) is 51.9 Å². The Morgan fingerprint density at radius 2 is 1.92 bits per heavy atom. The molecule has 0 unspecified atom stereocenters. The number of amides is 2. The van der Waals surface area contributed by atoms with Gasteiger partial charge in [0.1, 0.15) is 0 Å². The minimum atomic E-state index is 0. The van der Waals surface area contributed by atoms with Gasteiger partial charge in [-0.3, -0.25) is 9.59 Å². The van der Waals surface area contributed by atoms with E-state index < -0.39 is 0 Å². The lowest BCUT2D eigenvalue weighted by molar-refractivity contribution is -0.134. The van der Waals surface area contributed by atoms with Crippen molar-refractivity contribution in [2.24, 2.45) is 5.92 Å². The average Bonchev–Trinajstić information content (AvgIpc) is 2.57. The molecular formula is C18H26ClN3O2. The number of hydrogen-bond donors (Lipinski definition) is 1. The van der Waals surface area contributed by atoms with Gasteiger partial charge in [-0.2, -0.15) is 0 Å². The molecule has 24 heavy (non-hydrogen) atoms. The van der Waals surface area contributed by atoms with Gasteiger partial charge in [-0.1, -0.05) is 6.07 Å². The summed E-state index contributed by atoms with van der Waals surface area (Å²) in [4.78, 5) is 28.3. The molecule has 2 aliphatic heterocycles. The van der Waals surface area contributed by atoms with Crippen molar-refractivity contribution < 1.29 is 9.59 Å². The third-order valence-corrected chi connectivity index (χ3v) is 4.94. The molecule has 0 saturated carbocycles. The Bertz CT molecular complexity index is 585. The van der Waals surface area contributed by atoms with Crippen molar-refractivity contribution >= 4 is 29.9 Å². The number of nitrogen functional groups attached to an aromatic ring is 1. The second-order valence-electron chi connectivity index (χ2n) is 6.66. The molecule has 2 fully saturated rings. The standard InChI is InChI=1S/C18H25N3O2.ClH/c19-16-5-3-4-15(12-16)18(23)20-10-7-14(8-11-20)13-21-9-2-1-6-17(21)22;/h3-5,12,14H,1-2,6-11,13,19H2;1H. The first-order valence-corrected chi connectivity index (χ1v) is 8.56. The molecule has 2 heterocycles. The highest BCUT2D eigenvalue weighted by molar-refractivity contribution is 5.95. The van der Waals surface area contributed by atoms with E-state index in [4.69, 9.17) is 5.73 Å². The highest BCUT2D eigenvalue weighted by atomic mass is 35.5. The van der Waals surface area contributed by atoms with Gasteiger partial charge in [0, 0.05) is 43.9 Å². The predicted molar refractivity (Wildman–Crippen MR) is 97.2 cm³/mol. The van der Waals surface area contributed by atoms with Crippen molar-refractivity contribution in [2.75, 3.05) is 31.9 Å². The molecule has 0 radical (unpaired) electrons. The Balaban J connectivity index is 0.00000208. The summed E-state index contributed by atoms with van der Waals surface area (Å²) in [6.07, 6.45) is 4.80. The molecule has 1 aromatic rings. The summed E-state index contributed by atoms with van der Waals surface area (Å²) >= 11 is 0. The molecule has 2 aliphatic rings. The van der Waals surface area contributed by atoms with Crippen molar-refractivity contribution in [3.05, 3.63) is 29.8 Å². The van der Waals surface area contributed by atoms with E-state index in [0.29, 0.717) is 29.5 Å². The second-order valence-corrected chi connectivity index (χ2v) is 6.66. The minimum absolute atomic E-state index is 0. The Labute approximate surface area is 149 Å². The van der Waals surface area contributed by atoms with Crippen LogP contribution in [0.5, 0.6) is 0 Å². The maximum Gasteiger partial charge on any atom is 0.253 e. The summed E-state index contributed by atoms with van der Waals surface area (Å²) in [5, 5.41) is 0. The summed E-state index contributed by atoms with van der Waals surface area (Å²) in [5.74, 6) is 0.876. The third-order valence-electron chi connectivity index (χ3n) is 4.94. The highest BCUT2D eigenvalue weighted by Gasteiger charge is 2.27. The van der Waals surface area contributed by atoms with Gasteiger partial charge in [0.2, 0.25) is 5.91 Å². The van der Waals surface area contributed by atoms with Crippen LogP contribution in [0.25, 0.3) is 0 Å². The SMILES string of the molecule is Cl.Nc1cccc(C(=O)N2CCC(CN3CCCCC3=O)CC2)c1. The van der Waals surface area contributed by atoms with Crippen molar-refractivity contribution in [3.8, 4) is 0 Å². The zero-order valence-corrected chi connectivity index (χ0v) is 14.8. The molecule has 3 rings (SSSR count). The predicted octanol–water partition coefficient (Wildman–Crippen LogP) is 2.56. The quantitative estimate of drug-likeness (QED) is 0.851. The van der Waals surface area contributed by atoms with Crippen LogP contribution >= 0.6 is 12.4 Å². The Morgan fingerprint density at radius 1 is 1.17 bits per heavy atom. The van der Waals surface area contributed by atoms with Gasteiger partial charge in [-0.05, 0) is 49.8 Å². The number of benzene rings is 1. The molecule has 0 atom stereocenters. The van der Waals surface area contributed by atoms with Crippen molar-refractivity contribution in [1.82, 2.24) is 9.80 Å². The molecule has 6 heteroatoms. The number of piperidine rings is 2. The Hall–Kier alpha value is -1.75. The summed E-state index contributed by atoms with van der Waals surface area (Å²) in [5.41, 5.74) is 7.04. The molecule has 5 nitrogen and oxygen atoms in total. The van der Waals surface area contributed by atoms with Crippen LogP contribution in [0.1, 0.15) is 42.5 Å². The van der Waals surface area contributed by atoms with Crippen LogP contribution in [0.2, 0.25) is 0 Å². The van der Waals surface area contributed by atoms with Gasteiger partial charge in [-0.25, -0.2) is 0 Å². The molecule has 0 aromatic heterocycles. The molecule has 132 valence electrons. The molecule has 2 N–H and O–H groups in total. The Morgan fingerprint density at radius 3 is 2.58 bits per heavy atom. The maximum atomic E-state index is 12.5. The van der Waals surface area contributed by atoms with Gasteiger partial charge in [0.15, 0.2) is 0 Å². The topological polar surface area (TPSA) is 66.6 Å². The van der Waals surface area contributed by atoms with Crippen LogP contribution in [0.4, 0.5) is 5.69 Å². The largest absolute Gasteiger partial charge is 0.399 e. The average molecular weight is 352 g/mol. The van der Waals surface area contributed by atoms with Crippen molar-refractivity contribution in [1.29, 1.82) is 0 Å². The molecule has 0 aliphatic carbocycles. The van der Waals surface area contributed by atoms with E-state index >= 15 is 0 Å². The Kier molecular flexibility index (Phi) is 6.49. The van der Waals surface area contributed by atoms with Crippen LogP contribution in [0.3, 0.4) is 0 Å². The monoisotopic (exact) mass is 351 g/mol. The molecule has 0 bridgehead atoms. The van der Waals surface area contributed by atoms with Gasteiger partial charge >= 0.3 is 0 Å². The summed E-state index contributed by atoms with van der Waals surface area (Å²) < 4.78 is 0. The lowest BCUT2D eigenvalue weighted by Gasteiger charge is -2.36.